The number of aromatic nitrogens is 1. The number of nitrogens with one attached hydrogen (secondary N) is 1. The van der Waals surface area contributed by atoms with E-state index in [9.17, 15) is 4.79 Å². The van der Waals surface area contributed by atoms with Crippen LogP contribution in [0.15, 0.2) is 24.3 Å². The molecule has 1 aliphatic heterocycles. The average Bonchev–Trinajstić information content (AvgIpc) is 2.96. The molecule has 1 aromatic carbocycles. The van der Waals surface area contributed by atoms with Gasteiger partial charge in [-0.1, -0.05) is 6.92 Å². The van der Waals surface area contributed by atoms with Gasteiger partial charge in [0, 0.05) is 30.0 Å². The molecule has 6 heteroatoms. The molecule has 1 aliphatic rings. The van der Waals surface area contributed by atoms with E-state index in [1.807, 2.05) is 6.07 Å². The molecule has 118 valence electrons. The van der Waals surface area contributed by atoms with Gasteiger partial charge < -0.3 is 0 Å². The third kappa shape index (κ3) is 3.58. The van der Waals surface area contributed by atoms with Crippen molar-refractivity contribution in [2.24, 2.45) is 0 Å². The van der Waals surface area contributed by atoms with E-state index in [-0.39, 0.29) is 5.91 Å². The molecule has 0 saturated heterocycles. The molecule has 0 radical (unpaired) electrons. The van der Waals surface area contributed by atoms with Gasteiger partial charge in [0.15, 0.2) is 5.13 Å². The van der Waals surface area contributed by atoms with E-state index < -0.39 is 0 Å². The SMILES string of the molecule is CCCN1CCc2nc(NC(=O)c3ccc(C#N)cc3)sc2C1. The Balaban J connectivity index is 1.69. The second kappa shape index (κ2) is 6.90. The van der Waals surface area contributed by atoms with E-state index >= 15 is 0 Å². The third-order valence-electron chi connectivity index (χ3n) is 3.85. The summed E-state index contributed by atoms with van der Waals surface area (Å²) in [4.78, 5) is 20.5. The number of benzene rings is 1. The molecule has 0 saturated carbocycles. The Morgan fingerprint density at radius 3 is 2.91 bits per heavy atom. The van der Waals surface area contributed by atoms with Crippen molar-refractivity contribution in [3.8, 4) is 6.07 Å². The molecule has 0 unspecified atom stereocenters. The molecule has 23 heavy (non-hydrogen) atoms. The summed E-state index contributed by atoms with van der Waals surface area (Å²) in [7, 11) is 0. The van der Waals surface area contributed by atoms with Crippen LogP contribution in [-0.4, -0.2) is 28.9 Å². The van der Waals surface area contributed by atoms with E-state index in [2.05, 4.69) is 22.1 Å². The van der Waals surface area contributed by atoms with Crippen LogP contribution in [0.5, 0.6) is 0 Å². The Kier molecular flexibility index (Phi) is 4.70. The quantitative estimate of drug-likeness (QED) is 0.937. The van der Waals surface area contributed by atoms with Crippen molar-refractivity contribution in [3.63, 3.8) is 0 Å². The first-order chi connectivity index (χ1) is 11.2. The lowest BCUT2D eigenvalue weighted by Gasteiger charge is -2.24. The monoisotopic (exact) mass is 326 g/mol. The molecule has 0 fully saturated rings. The van der Waals surface area contributed by atoms with Crippen LogP contribution in [0, 0.1) is 11.3 Å². The number of hydrogen-bond acceptors (Lipinski definition) is 5. The zero-order valence-electron chi connectivity index (χ0n) is 13.0. The van der Waals surface area contributed by atoms with Crippen molar-refractivity contribution in [2.45, 2.75) is 26.3 Å². The van der Waals surface area contributed by atoms with Crippen molar-refractivity contribution in [1.82, 2.24) is 9.88 Å². The third-order valence-corrected chi connectivity index (χ3v) is 4.84. The summed E-state index contributed by atoms with van der Waals surface area (Å²) < 4.78 is 0. The fourth-order valence-corrected chi connectivity index (χ4v) is 3.72. The van der Waals surface area contributed by atoms with E-state index in [1.165, 1.54) is 4.88 Å². The highest BCUT2D eigenvalue weighted by Crippen LogP contribution is 2.28. The Hall–Kier alpha value is -2.23. The lowest BCUT2D eigenvalue weighted by Crippen LogP contribution is -2.30. The highest BCUT2D eigenvalue weighted by molar-refractivity contribution is 7.15. The zero-order chi connectivity index (χ0) is 16.2. The predicted molar refractivity (Wildman–Crippen MR) is 90.5 cm³/mol. The van der Waals surface area contributed by atoms with Crippen molar-refractivity contribution in [2.75, 3.05) is 18.4 Å². The largest absolute Gasteiger partial charge is 0.298 e. The Morgan fingerprint density at radius 1 is 1.43 bits per heavy atom. The Bertz CT molecular complexity index is 745. The molecule has 3 rings (SSSR count). The maximum atomic E-state index is 12.3. The highest BCUT2D eigenvalue weighted by atomic mass is 32.1. The van der Waals surface area contributed by atoms with E-state index in [4.69, 9.17) is 5.26 Å². The van der Waals surface area contributed by atoms with Crippen LogP contribution in [0.4, 0.5) is 5.13 Å². The lowest BCUT2D eigenvalue weighted by atomic mass is 10.1. The molecule has 2 aromatic rings. The molecule has 1 amide bonds. The maximum Gasteiger partial charge on any atom is 0.257 e. The maximum absolute atomic E-state index is 12.3. The van der Waals surface area contributed by atoms with E-state index in [0.717, 1.165) is 38.2 Å². The van der Waals surface area contributed by atoms with Crippen molar-refractivity contribution in [1.29, 1.82) is 5.26 Å². The number of carbonyl (C=O) groups excluding carboxylic acids is 1. The molecular weight excluding hydrogens is 308 g/mol. The van der Waals surface area contributed by atoms with Crippen molar-refractivity contribution >= 4 is 22.4 Å². The van der Waals surface area contributed by atoms with Gasteiger partial charge in [-0.2, -0.15) is 5.26 Å². The second-order valence-electron chi connectivity index (χ2n) is 5.56. The number of nitriles is 1. The number of fused-ring (bicyclic) bond motifs is 1. The molecular formula is C17H18N4OS. The number of thiazole rings is 1. The molecule has 0 spiro atoms. The fourth-order valence-electron chi connectivity index (χ4n) is 2.67. The van der Waals surface area contributed by atoms with Crippen LogP contribution in [0.25, 0.3) is 0 Å². The molecule has 1 aromatic heterocycles. The number of rotatable bonds is 4. The lowest BCUT2D eigenvalue weighted by molar-refractivity contribution is 0.102. The number of hydrogen-bond donors (Lipinski definition) is 1. The summed E-state index contributed by atoms with van der Waals surface area (Å²) >= 11 is 1.56. The summed E-state index contributed by atoms with van der Waals surface area (Å²) in [6.45, 7) is 5.25. The van der Waals surface area contributed by atoms with Crippen LogP contribution in [0.1, 0.15) is 39.8 Å². The molecule has 1 N–H and O–H groups in total. The minimum absolute atomic E-state index is 0.189. The molecule has 0 atom stereocenters. The summed E-state index contributed by atoms with van der Waals surface area (Å²) in [5.74, 6) is -0.189. The number of anilines is 1. The summed E-state index contributed by atoms with van der Waals surface area (Å²) in [5, 5.41) is 12.3. The van der Waals surface area contributed by atoms with Gasteiger partial charge >= 0.3 is 0 Å². The van der Waals surface area contributed by atoms with Gasteiger partial charge in [-0.15, -0.1) is 11.3 Å². The average molecular weight is 326 g/mol. The fraction of sp³-hybridized carbons (Fsp3) is 0.353. The predicted octanol–water partition coefficient (Wildman–Crippen LogP) is 3.04. The van der Waals surface area contributed by atoms with Gasteiger partial charge in [-0.3, -0.25) is 15.0 Å². The van der Waals surface area contributed by atoms with Gasteiger partial charge in [0.1, 0.15) is 0 Å². The van der Waals surface area contributed by atoms with Crippen molar-refractivity contribution < 1.29 is 4.79 Å². The number of nitrogens with zero attached hydrogens (tertiary/aromatic N) is 3. The van der Waals surface area contributed by atoms with Gasteiger partial charge in [0.05, 0.1) is 17.3 Å². The minimum Gasteiger partial charge on any atom is -0.298 e. The van der Waals surface area contributed by atoms with E-state index in [1.54, 1.807) is 35.6 Å². The Morgan fingerprint density at radius 2 is 2.22 bits per heavy atom. The molecule has 0 aliphatic carbocycles. The molecule has 2 heterocycles. The molecule has 5 nitrogen and oxygen atoms in total. The van der Waals surface area contributed by atoms with Crippen LogP contribution in [0.2, 0.25) is 0 Å². The summed E-state index contributed by atoms with van der Waals surface area (Å²) in [6.07, 6.45) is 2.09. The summed E-state index contributed by atoms with van der Waals surface area (Å²) in [5.41, 5.74) is 2.18. The topological polar surface area (TPSA) is 69.0 Å². The smallest absolute Gasteiger partial charge is 0.257 e. The van der Waals surface area contributed by atoms with Crippen LogP contribution in [0.3, 0.4) is 0 Å². The van der Waals surface area contributed by atoms with Gasteiger partial charge in [-0.25, -0.2) is 4.98 Å². The standard InChI is InChI=1S/C17H18N4OS/c1-2-8-21-9-7-14-15(11-21)23-17(19-14)20-16(22)13-5-3-12(10-18)4-6-13/h3-6H,2,7-9,11H2,1H3,(H,19,20,22). The summed E-state index contributed by atoms with van der Waals surface area (Å²) in [6, 6.07) is 8.64. The first-order valence-corrected chi connectivity index (χ1v) is 8.53. The van der Waals surface area contributed by atoms with Crippen LogP contribution >= 0.6 is 11.3 Å². The first-order valence-electron chi connectivity index (χ1n) is 7.72. The zero-order valence-corrected chi connectivity index (χ0v) is 13.8. The van der Waals surface area contributed by atoms with Crippen LogP contribution < -0.4 is 5.32 Å². The highest BCUT2D eigenvalue weighted by Gasteiger charge is 2.21. The minimum atomic E-state index is -0.189. The second-order valence-corrected chi connectivity index (χ2v) is 6.64. The van der Waals surface area contributed by atoms with Crippen molar-refractivity contribution in [3.05, 3.63) is 46.0 Å². The van der Waals surface area contributed by atoms with Gasteiger partial charge in [0.25, 0.3) is 5.91 Å². The molecule has 0 bridgehead atoms. The van der Waals surface area contributed by atoms with Crippen LogP contribution in [-0.2, 0) is 13.0 Å². The first kappa shape index (κ1) is 15.7. The van der Waals surface area contributed by atoms with Gasteiger partial charge in [0.2, 0.25) is 0 Å². The normalized spacial score (nSPS) is 14.1. The number of carbonyl (C=O) groups is 1. The van der Waals surface area contributed by atoms with E-state index in [0.29, 0.717) is 16.3 Å². The van der Waals surface area contributed by atoms with Gasteiger partial charge in [-0.05, 0) is 37.2 Å². The number of amides is 1. The Labute approximate surface area is 139 Å².